The number of carbonyl (C=O) groups excluding carboxylic acids is 1. The van der Waals surface area contributed by atoms with E-state index in [4.69, 9.17) is 5.73 Å². The van der Waals surface area contributed by atoms with Crippen LogP contribution in [-0.2, 0) is 9.84 Å². The summed E-state index contributed by atoms with van der Waals surface area (Å²) in [4.78, 5) is 13.0. The summed E-state index contributed by atoms with van der Waals surface area (Å²) in [6, 6.07) is 3.68. The van der Waals surface area contributed by atoms with Crippen molar-refractivity contribution >= 4 is 15.7 Å². The predicted octanol–water partition coefficient (Wildman–Crippen LogP) is 1.54. The summed E-state index contributed by atoms with van der Waals surface area (Å²) < 4.78 is 59.8. The smallest absolute Gasteiger partial charge is 0.334 e. The highest BCUT2D eigenvalue weighted by atomic mass is 32.2. The normalized spacial score (nSPS) is 19.5. The van der Waals surface area contributed by atoms with E-state index in [0.29, 0.717) is 13.1 Å². The van der Waals surface area contributed by atoms with Gasteiger partial charge in [-0.2, -0.15) is 13.2 Å². The van der Waals surface area contributed by atoms with Crippen LogP contribution in [-0.4, -0.2) is 43.9 Å². The average Bonchev–Trinajstić information content (AvgIpc) is 2.94. The molecule has 0 aromatic heterocycles. The summed E-state index contributed by atoms with van der Waals surface area (Å²) in [5.41, 5.74) is 0.348. The fraction of sp³-hybridized carbons (Fsp3) is 0.462. The highest BCUT2D eigenvalue weighted by Crippen LogP contribution is 2.30. The molecule has 5 nitrogen and oxygen atoms in total. The van der Waals surface area contributed by atoms with Gasteiger partial charge in [0.15, 0.2) is 0 Å². The Morgan fingerprint density at radius 1 is 1.27 bits per heavy atom. The van der Waals surface area contributed by atoms with Gasteiger partial charge in [-0.3, -0.25) is 4.79 Å². The van der Waals surface area contributed by atoms with Gasteiger partial charge in [0, 0.05) is 24.7 Å². The lowest BCUT2D eigenvalue weighted by molar-refractivity contribution is -0.0436. The van der Waals surface area contributed by atoms with Crippen molar-refractivity contribution in [2.75, 3.05) is 13.1 Å². The maximum Gasteiger partial charge on any atom is 0.501 e. The first kappa shape index (κ1) is 16.8. The molecule has 122 valence electrons. The molecule has 1 saturated heterocycles. The first-order valence-electron chi connectivity index (χ1n) is 6.61. The predicted molar refractivity (Wildman–Crippen MR) is 72.8 cm³/mol. The summed E-state index contributed by atoms with van der Waals surface area (Å²) >= 11 is 0. The third-order valence-corrected chi connectivity index (χ3v) is 5.13. The molecule has 0 unspecified atom stereocenters. The number of hydrogen-bond acceptors (Lipinski definition) is 4. The zero-order chi connectivity index (χ0) is 16.5. The number of sulfone groups is 1. The van der Waals surface area contributed by atoms with E-state index in [1.807, 2.05) is 0 Å². The maximum atomic E-state index is 12.4. The Morgan fingerprint density at radius 2 is 1.86 bits per heavy atom. The van der Waals surface area contributed by atoms with E-state index in [9.17, 15) is 26.4 Å². The van der Waals surface area contributed by atoms with Crippen LogP contribution in [0.15, 0.2) is 29.2 Å². The second kappa shape index (κ2) is 5.88. The van der Waals surface area contributed by atoms with Gasteiger partial charge in [0.2, 0.25) is 0 Å². The molecule has 0 spiro atoms. The number of alkyl halides is 3. The molecule has 2 N–H and O–H groups in total. The summed E-state index contributed by atoms with van der Waals surface area (Å²) in [6.07, 6.45) is 1.59. The number of nitrogens with two attached hydrogens (primary N) is 1. The molecule has 1 aromatic carbocycles. The lowest BCUT2D eigenvalue weighted by Gasteiger charge is -2.23. The second-order valence-corrected chi connectivity index (χ2v) is 6.95. The SMILES string of the molecule is NC[C@H]1CCCN1C(=O)c1ccc(S(=O)(=O)C(F)(F)F)cc1. The highest BCUT2D eigenvalue weighted by Gasteiger charge is 2.46. The van der Waals surface area contributed by atoms with Crippen LogP contribution in [0.3, 0.4) is 0 Å². The van der Waals surface area contributed by atoms with Crippen molar-refractivity contribution in [1.29, 1.82) is 0 Å². The largest absolute Gasteiger partial charge is 0.501 e. The number of rotatable bonds is 3. The number of hydrogen-bond donors (Lipinski definition) is 1. The van der Waals surface area contributed by atoms with Crippen molar-refractivity contribution in [2.24, 2.45) is 5.73 Å². The van der Waals surface area contributed by atoms with Crippen molar-refractivity contribution < 1.29 is 26.4 Å². The fourth-order valence-electron chi connectivity index (χ4n) is 2.42. The van der Waals surface area contributed by atoms with Crippen LogP contribution < -0.4 is 5.73 Å². The van der Waals surface area contributed by atoms with Gasteiger partial charge in [-0.15, -0.1) is 0 Å². The molecule has 1 aromatic rings. The van der Waals surface area contributed by atoms with Crippen LogP contribution in [0.2, 0.25) is 0 Å². The number of likely N-dealkylation sites (tertiary alicyclic amines) is 1. The molecule has 0 aliphatic carbocycles. The average molecular weight is 336 g/mol. The van der Waals surface area contributed by atoms with Crippen LogP contribution in [0, 0.1) is 0 Å². The molecule has 1 atom stereocenters. The molecule has 1 aliphatic heterocycles. The van der Waals surface area contributed by atoms with Crippen LogP contribution in [0.25, 0.3) is 0 Å². The van der Waals surface area contributed by atoms with Crippen molar-refractivity contribution in [3.05, 3.63) is 29.8 Å². The minimum absolute atomic E-state index is 0.0916. The van der Waals surface area contributed by atoms with Crippen molar-refractivity contribution in [3.63, 3.8) is 0 Å². The van der Waals surface area contributed by atoms with E-state index >= 15 is 0 Å². The molecule has 22 heavy (non-hydrogen) atoms. The molecule has 1 heterocycles. The standard InChI is InChI=1S/C13H15F3N2O3S/c14-13(15,16)22(20,21)11-5-3-9(4-6-11)12(19)18-7-1-2-10(18)8-17/h3-6,10H,1-2,7-8,17H2/t10-/m1/s1. The Morgan fingerprint density at radius 3 is 2.36 bits per heavy atom. The van der Waals surface area contributed by atoms with E-state index < -0.39 is 20.2 Å². The minimum atomic E-state index is -5.40. The molecule has 1 aliphatic rings. The van der Waals surface area contributed by atoms with Gasteiger partial charge in [0.05, 0.1) is 4.90 Å². The van der Waals surface area contributed by atoms with Gasteiger partial charge in [-0.25, -0.2) is 8.42 Å². The molecule has 0 radical (unpaired) electrons. The Labute approximate surface area is 125 Å². The summed E-state index contributed by atoms with van der Waals surface area (Å²) in [5.74, 6) is -0.357. The molecule has 2 rings (SSSR count). The van der Waals surface area contributed by atoms with Crippen LogP contribution in [0.1, 0.15) is 23.2 Å². The van der Waals surface area contributed by atoms with Gasteiger partial charge in [0.25, 0.3) is 15.7 Å². The van der Waals surface area contributed by atoms with Gasteiger partial charge >= 0.3 is 5.51 Å². The van der Waals surface area contributed by atoms with Crippen molar-refractivity contribution in [3.8, 4) is 0 Å². The third-order valence-electron chi connectivity index (χ3n) is 3.63. The van der Waals surface area contributed by atoms with E-state index in [-0.39, 0.29) is 17.5 Å². The van der Waals surface area contributed by atoms with Gasteiger partial charge < -0.3 is 10.6 Å². The Kier molecular flexibility index (Phi) is 4.48. The molecular formula is C13H15F3N2O3S. The number of halogens is 3. The summed E-state index contributed by atoms with van der Waals surface area (Å²) in [7, 11) is -5.40. The molecule has 1 fully saturated rings. The Hall–Kier alpha value is -1.61. The second-order valence-electron chi connectivity index (χ2n) is 5.00. The number of nitrogens with zero attached hydrogens (tertiary/aromatic N) is 1. The molecule has 1 amide bonds. The minimum Gasteiger partial charge on any atom is -0.334 e. The molecule has 0 saturated carbocycles. The summed E-state index contributed by atoms with van der Waals surface area (Å²) in [5, 5.41) is 0. The highest BCUT2D eigenvalue weighted by molar-refractivity contribution is 7.92. The monoisotopic (exact) mass is 336 g/mol. The molecular weight excluding hydrogens is 321 g/mol. The number of benzene rings is 1. The van der Waals surface area contributed by atoms with Crippen molar-refractivity contribution in [1.82, 2.24) is 4.90 Å². The number of carbonyl (C=O) groups is 1. The third kappa shape index (κ3) is 2.95. The zero-order valence-electron chi connectivity index (χ0n) is 11.5. The maximum absolute atomic E-state index is 12.4. The first-order valence-corrected chi connectivity index (χ1v) is 8.09. The van der Waals surface area contributed by atoms with Crippen LogP contribution >= 0.6 is 0 Å². The van der Waals surface area contributed by atoms with Crippen LogP contribution in [0.5, 0.6) is 0 Å². The van der Waals surface area contributed by atoms with Gasteiger partial charge in [-0.05, 0) is 37.1 Å². The van der Waals surface area contributed by atoms with Gasteiger partial charge in [-0.1, -0.05) is 0 Å². The zero-order valence-corrected chi connectivity index (χ0v) is 12.3. The lowest BCUT2D eigenvalue weighted by atomic mass is 10.1. The van der Waals surface area contributed by atoms with E-state index in [0.717, 1.165) is 37.1 Å². The van der Waals surface area contributed by atoms with Gasteiger partial charge in [0.1, 0.15) is 0 Å². The van der Waals surface area contributed by atoms with Crippen LogP contribution in [0.4, 0.5) is 13.2 Å². The summed E-state index contributed by atoms with van der Waals surface area (Å²) in [6.45, 7) is 0.843. The lowest BCUT2D eigenvalue weighted by Crippen LogP contribution is -2.39. The van der Waals surface area contributed by atoms with E-state index in [2.05, 4.69) is 0 Å². The molecule has 9 heteroatoms. The fourth-order valence-corrected chi connectivity index (χ4v) is 3.19. The number of amides is 1. The van der Waals surface area contributed by atoms with E-state index in [1.54, 1.807) is 4.90 Å². The topological polar surface area (TPSA) is 80.5 Å². The quantitative estimate of drug-likeness (QED) is 0.908. The van der Waals surface area contributed by atoms with Crippen molar-refractivity contribution in [2.45, 2.75) is 29.3 Å². The molecule has 0 bridgehead atoms. The Balaban J connectivity index is 2.24. The first-order chi connectivity index (χ1) is 10.2. The Bertz CT molecular complexity index is 656. The van der Waals surface area contributed by atoms with E-state index in [1.165, 1.54) is 0 Å².